The number of thioether (sulfide) groups is 1. The molecule has 108 valence electrons. The van der Waals surface area contributed by atoms with E-state index in [0.29, 0.717) is 0 Å². The van der Waals surface area contributed by atoms with Crippen LogP contribution in [0.2, 0.25) is 5.02 Å². The summed E-state index contributed by atoms with van der Waals surface area (Å²) in [4.78, 5) is 2.32. The summed E-state index contributed by atoms with van der Waals surface area (Å²) in [5.41, 5.74) is 3.57. The summed E-state index contributed by atoms with van der Waals surface area (Å²) in [7, 11) is 0. The zero-order valence-corrected chi connectivity index (χ0v) is 13.9. The number of hydrogen-bond donors (Lipinski definition) is 1. The van der Waals surface area contributed by atoms with Crippen molar-refractivity contribution >= 4 is 34.7 Å². The molecule has 1 aromatic carbocycles. The van der Waals surface area contributed by atoms with Gasteiger partial charge < -0.3 is 5.32 Å². The molecule has 0 saturated heterocycles. The molecule has 2 aromatic rings. The first kappa shape index (κ1) is 14.9. The predicted molar refractivity (Wildman–Crippen MR) is 90.3 cm³/mol. The zero-order chi connectivity index (χ0) is 14.7. The summed E-state index contributed by atoms with van der Waals surface area (Å²) in [6.07, 6.45) is 2.08. The van der Waals surface area contributed by atoms with Crippen LogP contribution in [0.5, 0.6) is 0 Å². The van der Waals surface area contributed by atoms with E-state index < -0.39 is 0 Å². The summed E-state index contributed by atoms with van der Waals surface area (Å²) >= 11 is 9.83. The number of rotatable bonds is 3. The van der Waals surface area contributed by atoms with Gasteiger partial charge in [0.2, 0.25) is 0 Å². The molecule has 0 atom stereocenters. The Kier molecular flexibility index (Phi) is 4.87. The lowest BCUT2D eigenvalue weighted by Gasteiger charge is -2.13. The van der Waals surface area contributed by atoms with Gasteiger partial charge in [0.05, 0.1) is 10.6 Å². The van der Waals surface area contributed by atoms with Gasteiger partial charge in [0.1, 0.15) is 6.07 Å². The van der Waals surface area contributed by atoms with Crippen molar-refractivity contribution < 1.29 is 0 Å². The van der Waals surface area contributed by atoms with Gasteiger partial charge in [-0.25, -0.2) is 0 Å². The van der Waals surface area contributed by atoms with Crippen LogP contribution in [0.3, 0.4) is 0 Å². The molecule has 5 heteroatoms. The molecule has 0 aliphatic carbocycles. The second-order valence-corrected chi connectivity index (χ2v) is 7.32. The molecule has 0 saturated carbocycles. The Bertz CT molecular complexity index is 688. The molecule has 1 N–H and O–H groups in total. The molecule has 0 unspecified atom stereocenters. The molecule has 0 fully saturated rings. The minimum absolute atomic E-state index is 0.785. The lowest BCUT2D eigenvalue weighted by atomic mass is 10.0. The molecule has 0 bridgehead atoms. The highest BCUT2D eigenvalue weighted by atomic mass is 35.5. The largest absolute Gasteiger partial charge is 0.316 e. The Labute approximate surface area is 138 Å². The van der Waals surface area contributed by atoms with Gasteiger partial charge in [-0.2, -0.15) is 5.26 Å². The fourth-order valence-electron chi connectivity index (χ4n) is 2.56. The van der Waals surface area contributed by atoms with Crippen LogP contribution in [-0.2, 0) is 18.6 Å². The Hall–Kier alpha value is -0.990. The topological polar surface area (TPSA) is 35.8 Å². The average molecular weight is 335 g/mol. The van der Waals surface area contributed by atoms with Crippen molar-refractivity contribution in [3.8, 4) is 6.07 Å². The molecular formula is C16H15ClN2S2. The van der Waals surface area contributed by atoms with Crippen LogP contribution in [0.15, 0.2) is 28.5 Å². The van der Waals surface area contributed by atoms with Gasteiger partial charge in [0.15, 0.2) is 0 Å². The minimum Gasteiger partial charge on any atom is -0.316 e. The minimum atomic E-state index is 0.785. The Morgan fingerprint density at radius 2 is 2.14 bits per heavy atom. The van der Waals surface area contributed by atoms with Gasteiger partial charge in [-0.1, -0.05) is 17.7 Å². The highest BCUT2D eigenvalue weighted by Gasteiger charge is 2.16. The highest BCUT2D eigenvalue weighted by Crippen LogP contribution is 2.37. The van der Waals surface area contributed by atoms with Gasteiger partial charge in [-0.05, 0) is 54.6 Å². The van der Waals surface area contributed by atoms with Crippen LogP contribution < -0.4 is 5.32 Å². The number of hydrogen-bond acceptors (Lipinski definition) is 4. The van der Waals surface area contributed by atoms with Crippen LogP contribution >= 0.6 is 34.7 Å². The third-order valence-corrected chi connectivity index (χ3v) is 6.36. The summed E-state index contributed by atoms with van der Waals surface area (Å²) in [6.45, 7) is 2.03. The number of nitriles is 1. The van der Waals surface area contributed by atoms with Gasteiger partial charge in [-0.15, -0.1) is 23.1 Å². The third kappa shape index (κ3) is 3.27. The van der Waals surface area contributed by atoms with Crippen molar-refractivity contribution in [1.29, 1.82) is 5.26 Å². The molecule has 2 nitrogen and oxygen atoms in total. The van der Waals surface area contributed by atoms with E-state index in [1.807, 2.05) is 17.5 Å². The normalized spacial score (nSPS) is 14.3. The third-order valence-electron chi connectivity index (χ3n) is 3.65. The van der Waals surface area contributed by atoms with Crippen LogP contribution in [0.4, 0.5) is 0 Å². The van der Waals surface area contributed by atoms with E-state index in [-0.39, 0.29) is 0 Å². The van der Waals surface area contributed by atoms with Crippen LogP contribution in [-0.4, -0.2) is 13.1 Å². The van der Waals surface area contributed by atoms with E-state index in [1.165, 1.54) is 16.0 Å². The van der Waals surface area contributed by atoms with Gasteiger partial charge in [0, 0.05) is 15.5 Å². The monoisotopic (exact) mass is 334 g/mol. The molecule has 0 radical (unpaired) electrons. The molecule has 1 aliphatic heterocycles. The van der Waals surface area contributed by atoms with E-state index >= 15 is 0 Å². The van der Waals surface area contributed by atoms with Gasteiger partial charge >= 0.3 is 0 Å². The first-order valence-electron chi connectivity index (χ1n) is 6.90. The molecule has 2 heterocycles. The van der Waals surface area contributed by atoms with E-state index in [0.717, 1.165) is 47.1 Å². The standard InChI is InChI=1S/C16H15ClN2S2/c17-14-2-1-11-3-6-19-7-4-13(11)16(14)21-10-15-12(9-18)5-8-20-15/h1-2,5,8,19H,3-4,6-7,10H2. The lowest BCUT2D eigenvalue weighted by Crippen LogP contribution is -2.16. The van der Waals surface area contributed by atoms with Crippen molar-refractivity contribution in [1.82, 2.24) is 5.32 Å². The highest BCUT2D eigenvalue weighted by molar-refractivity contribution is 7.98. The molecule has 0 spiro atoms. The summed E-state index contributed by atoms with van der Waals surface area (Å²) in [5.74, 6) is 0.810. The molecule has 0 amide bonds. The first-order valence-corrected chi connectivity index (χ1v) is 9.14. The fourth-order valence-corrected chi connectivity index (χ4v) is 5.00. The fraction of sp³-hybridized carbons (Fsp3) is 0.312. The van der Waals surface area contributed by atoms with Gasteiger partial charge in [-0.3, -0.25) is 0 Å². The summed E-state index contributed by atoms with van der Waals surface area (Å²) in [6, 6.07) is 8.30. The van der Waals surface area contributed by atoms with E-state index in [1.54, 1.807) is 23.1 Å². The molecule has 3 rings (SSSR count). The maximum absolute atomic E-state index is 9.10. The molecule has 21 heavy (non-hydrogen) atoms. The molecule has 1 aromatic heterocycles. The Morgan fingerprint density at radius 1 is 1.29 bits per heavy atom. The smallest absolute Gasteiger partial charge is 0.100 e. The van der Waals surface area contributed by atoms with Crippen LogP contribution in [0.1, 0.15) is 21.6 Å². The predicted octanol–water partition coefficient (Wildman–Crippen LogP) is 4.25. The quantitative estimate of drug-likeness (QED) is 0.852. The van der Waals surface area contributed by atoms with E-state index in [2.05, 4.69) is 17.5 Å². The number of thiophene rings is 1. The second-order valence-electron chi connectivity index (χ2n) is 4.92. The van der Waals surface area contributed by atoms with Gasteiger partial charge in [0.25, 0.3) is 0 Å². The average Bonchev–Trinajstić information content (AvgIpc) is 2.82. The van der Waals surface area contributed by atoms with Crippen LogP contribution in [0, 0.1) is 11.3 Å². The van der Waals surface area contributed by atoms with Crippen LogP contribution in [0.25, 0.3) is 0 Å². The summed E-state index contributed by atoms with van der Waals surface area (Å²) in [5, 5.41) is 15.3. The SMILES string of the molecule is N#Cc1ccsc1CSc1c(Cl)ccc2c1CCNCC2. The molecular weight excluding hydrogens is 320 g/mol. The maximum Gasteiger partial charge on any atom is 0.100 e. The van der Waals surface area contributed by atoms with E-state index in [4.69, 9.17) is 16.9 Å². The zero-order valence-electron chi connectivity index (χ0n) is 11.5. The first-order chi connectivity index (χ1) is 10.3. The number of nitrogens with zero attached hydrogens (tertiary/aromatic N) is 1. The van der Waals surface area contributed by atoms with Crippen molar-refractivity contribution in [2.24, 2.45) is 0 Å². The second kappa shape index (κ2) is 6.85. The lowest BCUT2D eigenvalue weighted by molar-refractivity contribution is 0.709. The number of halogens is 1. The Balaban J connectivity index is 1.87. The van der Waals surface area contributed by atoms with Crippen molar-refractivity contribution in [3.05, 3.63) is 50.2 Å². The number of fused-ring (bicyclic) bond motifs is 1. The van der Waals surface area contributed by atoms with E-state index in [9.17, 15) is 0 Å². The Morgan fingerprint density at radius 3 is 3.00 bits per heavy atom. The number of nitrogens with one attached hydrogen (secondary N) is 1. The maximum atomic E-state index is 9.10. The summed E-state index contributed by atoms with van der Waals surface area (Å²) < 4.78 is 0. The molecule has 1 aliphatic rings. The number of benzene rings is 1. The van der Waals surface area contributed by atoms with Crippen molar-refractivity contribution in [2.75, 3.05) is 13.1 Å². The van der Waals surface area contributed by atoms with Crippen molar-refractivity contribution in [2.45, 2.75) is 23.5 Å². The van der Waals surface area contributed by atoms with Crippen molar-refractivity contribution in [3.63, 3.8) is 0 Å².